The van der Waals surface area contributed by atoms with Crippen molar-refractivity contribution < 1.29 is 0 Å². The lowest BCUT2D eigenvalue weighted by atomic mass is 10.1. The summed E-state index contributed by atoms with van der Waals surface area (Å²) in [5.74, 6) is 0. The van der Waals surface area contributed by atoms with Crippen LogP contribution in [0.2, 0.25) is 0 Å². The van der Waals surface area contributed by atoms with Crippen molar-refractivity contribution in [3.05, 3.63) is 34.2 Å². The summed E-state index contributed by atoms with van der Waals surface area (Å²) in [4.78, 5) is 7.67. The van der Waals surface area contributed by atoms with Gasteiger partial charge in [0.05, 0.1) is 0 Å². The van der Waals surface area contributed by atoms with Gasteiger partial charge in [-0.1, -0.05) is 0 Å². The molecule has 1 aliphatic rings. The zero-order chi connectivity index (χ0) is 9.54. The molecule has 2 N–H and O–H groups in total. The first-order chi connectivity index (χ1) is 6.84. The average molecular weight is 250 g/mol. The van der Waals surface area contributed by atoms with E-state index in [1.54, 1.807) is 0 Å². The molecule has 0 radical (unpaired) electrons. The van der Waals surface area contributed by atoms with E-state index in [4.69, 9.17) is 0 Å². The summed E-state index contributed by atoms with van der Waals surface area (Å²) in [7, 11) is 0. The molecule has 0 aromatic carbocycles. The molecule has 4 heteroatoms. The summed E-state index contributed by atoms with van der Waals surface area (Å²) in [6.45, 7) is 0.870. The summed E-state index contributed by atoms with van der Waals surface area (Å²) >= 11 is 3.36. The second-order valence-corrected chi connectivity index (χ2v) is 4.07. The standard InChI is InChI=1S/C10H8BrN3/c11-9-2-1-6-7-5-12-4-3-8(7)13-10(6)14-9/h1-4,12H,5H2,(H,13,14). The second kappa shape index (κ2) is 2.85. The topological polar surface area (TPSA) is 40.7 Å². The Morgan fingerprint density at radius 2 is 2.29 bits per heavy atom. The predicted molar refractivity (Wildman–Crippen MR) is 59.7 cm³/mol. The Hall–Kier alpha value is -1.29. The van der Waals surface area contributed by atoms with E-state index in [2.05, 4.69) is 37.3 Å². The van der Waals surface area contributed by atoms with Crippen LogP contribution in [-0.4, -0.2) is 9.97 Å². The van der Waals surface area contributed by atoms with Gasteiger partial charge in [0.1, 0.15) is 10.3 Å². The first-order valence-corrected chi connectivity index (χ1v) is 5.21. The van der Waals surface area contributed by atoms with Gasteiger partial charge in [-0.15, -0.1) is 0 Å². The van der Waals surface area contributed by atoms with Gasteiger partial charge >= 0.3 is 0 Å². The van der Waals surface area contributed by atoms with Gasteiger partial charge in [0.2, 0.25) is 0 Å². The molecule has 70 valence electrons. The van der Waals surface area contributed by atoms with Crippen molar-refractivity contribution in [1.82, 2.24) is 15.3 Å². The Kier molecular flexibility index (Phi) is 1.64. The van der Waals surface area contributed by atoms with Gasteiger partial charge in [0.15, 0.2) is 0 Å². The summed E-state index contributed by atoms with van der Waals surface area (Å²) < 4.78 is 0.862. The quantitative estimate of drug-likeness (QED) is 0.705. The van der Waals surface area contributed by atoms with Crippen LogP contribution in [0, 0.1) is 0 Å². The molecular formula is C10H8BrN3. The number of H-pyrrole nitrogens is 1. The highest BCUT2D eigenvalue weighted by Crippen LogP contribution is 2.25. The number of nitrogens with one attached hydrogen (secondary N) is 2. The molecule has 0 saturated heterocycles. The van der Waals surface area contributed by atoms with Crippen molar-refractivity contribution in [1.29, 1.82) is 0 Å². The number of halogens is 1. The molecule has 0 atom stereocenters. The lowest BCUT2D eigenvalue weighted by molar-refractivity contribution is 0.864. The molecule has 0 unspecified atom stereocenters. The van der Waals surface area contributed by atoms with Gasteiger partial charge in [-0.05, 0) is 40.3 Å². The van der Waals surface area contributed by atoms with Crippen LogP contribution in [0.3, 0.4) is 0 Å². The predicted octanol–water partition coefficient (Wildman–Crippen LogP) is 2.40. The number of fused-ring (bicyclic) bond motifs is 3. The Morgan fingerprint density at radius 1 is 1.36 bits per heavy atom. The summed E-state index contributed by atoms with van der Waals surface area (Å²) in [6, 6.07) is 4.05. The molecule has 3 nitrogen and oxygen atoms in total. The highest BCUT2D eigenvalue weighted by atomic mass is 79.9. The maximum atomic E-state index is 4.38. The number of rotatable bonds is 0. The van der Waals surface area contributed by atoms with Crippen molar-refractivity contribution in [2.75, 3.05) is 0 Å². The van der Waals surface area contributed by atoms with Crippen molar-refractivity contribution in [3.8, 4) is 0 Å². The molecule has 1 aliphatic heterocycles. The minimum absolute atomic E-state index is 0.862. The van der Waals surface area contributed by atoms with Crippen LogP contribution in [0.4, 0.5) is 0 Å². The third-order valence-corrected chi connectivity index (χ3v) is 2.85. The van der Waals surface area contributed by atoms with Crippen LogP contribution in [0.5, 0.6) is 0 Å². The largest absolute Gasteiger partial charge is 0.387 e. The van der Waals surface area contributed by atoms with Crippen molar-refractivity contribution >= 4 is 33.0 Å². The van der Waals surface area contributed by atoms with Crippen LogP contribution in [0.15, 0.2) is 22.9 Å². The van der Waals surface area contributed by atoms with E-state index in [9.17, 15) is 0 Å². The Bertz CT molecular complexity index is 527. The number of hydrogen-bond acceptors (Lipinski definition) is 2. The average Bonchev–Trinajstić information content (AvgIpc) is 2.54. The molecule has 0 spiro atoms. The second-order valence-electron chi connectivity index (χ2n) is 3.26. The van der Waals surface area contributed by atoms with Crippen molar-refractivity contribution in [2.24, 2.45) is 0 Å². The van der Waals surface area contributed by atoms with Gasteiger partial charge in [-0.2, -0.15) is 0 Å². The summed E-state index contributed by atoms with van der Waals surface area (Å²) in [6.07, 6.45) is 3.99. The van der Waals surface area contributed by atoms with E-state index in [0.29, 0.717) is 0 Å². The van der Waals surface area contributed by atoms with E-state index < -0.39 is 0 Å². The molecule has 0 amide bonds. The lowest BCUT2D eigenvalue weighted by Crippen LogP contribution is -2.08. The van der Waals surface area contributed by atoms with Crippen molar-refractivity contribution in [3.63, 3.8) is 0 Å². The van der Waals surface area contributed by atoms with Gasteiger partial charge in [-0.3, -0.25) is 0 Å². The molecular weight excluding hydrogens is 242 g/mol. The highest BCUT2D eigenvalue weighted by Gasteiger charge is 2.12. The van der Waals surface area contributed by atoms with Crippen molar-refractivity contribution in [2.45, 2.75) is 6.54 Å². The van der Waals surface area contributed by atoms with Gasteiger partial charge < -0.3 is 10.3 Å². The number of aromatic nitrogens is 2. The summed E-state index contributed by atoms with van der Waals surface area (Å²) in [5.41, 5.74) is 3.39. The van der Waals surface area contributed by atoms with Crippen LogP contribution < -0.4 is 5.32 Å². The zero-order valence-electron chi connectivity index (χ0n) is 7.34. The minimum Gasteiger partial charge on any atom is -0.387 e. The van der Waals surface area contributed by atoms with Gasteiger partial charge in [0.25, 0.3) is 0 Å². The Morgan fingerprint density at radius 3 is 3.21 bits per heavy atom. The molecule has 3 rings (SSSR count). The fourth-order valence-electron chi connectivity index (χ4n) is 1.76. The monoisotopic (exact) mass is 249 g/mol. The molecule has 0 fully saturated rings. The molecule has 14 heavy (non-hydrogen) atoms. The maximum Gasteiger partial charge on any atom is 0.139 e. The van der Waals surface area contributed by atoms with Gasteiger partial charge in [0, 0.05) is 23.2 Å². The number of aromatic amines is 1. The maximum absolute atomic E-state index is 4.38. The number of hydrogen-bond donors (Lipinski definition) is 2. The molecule has 0 bridgehead atoms. The Labute approximate surface area is 89.4 Å². The van der Waals surface area contributed by atoms with E-state index in [1.807, 2.05) is 18.3 Å². The number of nitrogens with zero attached hydrogens (tertiary/aromatic N) is 1. The zero-order valence-corrected chi connectivity index (χ0v) is 8.93. The molecule has 0 saturated carbocycles. The fourth-order valence-corrected chi connectivity index (χ4v) is 2.07. The molecule has 2 aromatic rings. The minimum atomic E-state index is 0.862. The van der Waals surface area contributed by atoms with Crippen LogP contribution in [0.1, 0.15) is 11.3 Å². The first-order valence-electron chi connectivity index (χ1n) is 4.41. The van der Waals surface area contributed by atoms with Crippen LogP contribution in [0.25, 0.3) is 17.1 Å². The third kappa shape index (κ3) is 1.07. The Balaban J connectivity index is 2.37. The molecule has 2 aromatic heterocycles. The SMILES string of the molecule is Brc1ccc2c3c([nH]c2n1)C=CNC3. The lowest BCUT2D eigenvalue weighted by Gasteiger charge is -2.06. The highest BCUT2D eigenvalue weighted by molar-refractivity contribution is 9.10. The van der Waals surface area contributed by atoms with E-state index in [1.165, 1.54) is 10.9 Å². The van der Waals surface area contributed by atoms with E-state index in [-0.39, 0.29) is 0 Å². The molecule has 3 heterocycles. The van der Waals surface area contributed by atoms with E-state index in [0.717, 1.165) is 22.5 Å². The van der Waals surface area contributed by atoms with E-state index >= 15 is 0 Å². The first kappa shape index (κ1) is 8.05. The normalized spacial score (nSPS) is 14.1. The fraction of sp³-hybridized carbons (Fsp3) is 0.100. The van der Waals surface area contributed by atoms with Crippen LogP contribution in [-0.2, 0) is 6.54 Å². The smallest absolute Gasteiger partial charge is 0.139 e. The van der Waals surface area contributed by atoms with Crippen LogP contribution >= 0.6 is 15.9 Å². The summed E-state index contributed by atoms with van der Waals surface area (Å²) in [5, 5.41) is 4.39. The van der Waals surface area contributed by atoms with Gasteiger partial charge in [-0.25, -0.2) is 4.98 Å². The number of pyridine rings is 1. The third-order valence-electron chi connectivity index (χ3n) is 2.41. The molecule has 0 aliphatic carbocycles.